The fourth-order valence-corrected chi connectivity index (χ4v) is 2.13. The summed E-state index contributed by atoms with van der Waals surface area (Å²) >= 11 is 1.59. The molecular weight excluding hydrogens is 146 g/mol. The third-order valence-electron chi connectivity index (χ3n) is 1.63. The molecule has 0 amide bonds. The van der Waals surface area contributed by atoms with Gasteiger partial charge >= 0.3 is 0 Å². The molecule has 0 aromatic carbocycles. The number of carbonyl (C=O) groups excluding carboxylic acids is 1. The highest BCUT2D eigenvalue weighted by Crippen LogP contribution is 2.24. The van der Waals surface area contributed by atoms with Crippen LogP contribution in [0.1, 0.15) is 20.1 Å². The molecular formula is C7H7NOS. The van der Waals surface area contributed by atoms with Crippen LogP contribution in [0.15, 0.2) is 6.07 Å². The maximum absolute atomic E-state index is 10.3. The molecule has 1 aromatic rings. The van der Waals surface area contributed by atoms with E-state index in [4.69, 9.17) is 0 Å². The van der Waals surface area contributed by atoms with Crippen molar-refractivity contribution in [3.8, 4) is 0 Å². The van der Waals surface area contributed by atoms with Crippen molar-refractivity contribution in [2.75, 3.05) is 0 Å². The van der Waals surface area contributed by atoms with Crippen molar-refractivity contribution in [2.45, 2.75) is 13.1 Å². The molecule has 0 radical (unpaired) electrons. The minimum atomic E-state index is 0.853. The molecule has 3 heteroatoms. The van der Waals surface area contributed by atoms with Crippen LogP contribution in [-0.2, 0) is 13.1 Å². The Morgan fingerprint density at radius 3 is 3.20 bits per heavy atom. The minimum Gasteiger partial charge on any atom is -0.308 e. The topological polar surface area (TPSA) is 29.1 Å². The molecule has 52 valence electrons. The Morgan fingerprint density at radius 2 is 2.50 bits per heavy atom. The lowest BCUT2D eigenvalue weighted by Gasteiger charge is -1.84. The normalized spacial score (nSPS) is 15.2. The number of aldehydes is 1. The van der Waals surface area contributed by atoms with E-state index in [9.17, 15) is 4.79 Å². The first-order valence-electron chi connectivity index (χ1n) is 3.17. The summed E-state index contributed by atoms with van der Waals surface area (Å²) in [5, 5.41) is 3.21. The second-order valence-corrected chi connectivity index (χ2v) is 3.49. The maximum Gasteiger partial charge on any atom is 0.160 e. The Labute approximate surface area is 62.9 Å². The Bertz CT molecular complexity index is 245. The zero-order valence-electron chi connectivity index (χ0n) is 5.39. The Hall–Kier alpha value is -0.670. The van der Waals surface area contributed by atoms with Crippen LogP contribution in [0.2, 0.25) is 0 Å². The first-order chi connectivity index (χ1) is 4.90. The average Bonchev–Trinajstić information content (AvgIpc) is 2.42. The number of nitrogens with one attached hydrogen (secondary N) is 1. The molecule has 0 bridgehead atoms. The first kappa shape index (κ1) is 6.07. The predicted molar refractivity (Wildman–Crippen MR) is 40.3 cm³/mol. The summed E-state index contributed by atoms with van der Waals surface area (Å²) < 4.78 is 0. The molecule has 0 spiro atoms. The average molecular weight is 153 g/mol. The summed E-state index contributed by atoms with van der Waals surface area (Å²) in [6.45, 7) is 1.87. The molecule has 2 rings (SSSR count). The zero-order chi connectivity index (χ0) is 6.97. The maximum atomic E-state index is 10.3. The molecule has 10 heavy (non-hydrogen) atoms. The molecule has 0 saturated heterocycles. The fourth-order valence-electron chi connectivity index (χ4n) is 1.16. The monoisotopic (exact) mass is 153 g/mol. The summed E-state index contributed by atoms with van der Waals surface area (Å²) in [5.74, 6) is 0. The van der Waals surface area contributed by atoms with E-state index >= 15 is 0 Å². The van der Waals surface area contributed by atoms with Gasteiger partial charge < -0.3 is 5.32 Å². The highest BCUT2D eigenvalue weighted by Gasteiger charge is 2.12. The lowest BCUT2D eigenvalue weighted by molar-refractivity contribution is 0.112. The van der Waals surface area contributed by atoms with Gasteiger partial charge in [0.15, 0.2) is 6.29 Å². The Balaban J connectivity index is 2.46. The Morgan fingerprint density at radius 1 is 1.60 bits per heavy atom. The second-order valence-electron chi connectivity index (χ2n) is 2.32. The van der Waals surface area contributed by atoms with Crippen molar-refractivity contribution < 1.29 is 4.79 Å². The summed E-state index contributed by atoms with van der Waals surface area (Å²) in [7, 11) is 0. The molecule has 1 aliphatic rings. The van der Waals surface area contributed by atoms with Gasteiger partial charge in [-0.2, -0.15) is 0 Å². The summed E-state index contributed by atoms with van der Waals surface area (Å²) in [5.41, 5.74) is 1.30. The number of carbonyl (C=O) groups is 1. The van der Waals surface area contributed by atoms with Crippen LogP contribution in [0.5, 0.6) is 0 Å². The van der Waals surface area contributed by atoms with Crippen LogP contribution >= 0.6 is 11.3 Å². The molecule has 0 atom stereocenters. The van der Waals surface area contributed by atoms with Crippen molar-refractivity contribution in [1.82, 2.24) is 5.32 Å². The SMILES string of the molecule is O=Cc1cc2c(s1)CNC2. The Kier molecular flexibility index (Phi) is 1.32. The van der Waals surface area contributed by atoms with Crippen molar-refractivity contribution >= 4 is 17.6 Å². The molecule has 0 saturated carbocycles. The number of hydrogen-bond acceptors (Lipinski definition) is 3. The van der Waals surface area contributed by atoms with Crippen LogP contribution in [-0.4, -0.2) is 6.29 Å². The van der Waals surface area contributed by atoms with Gasteiger partial charge in [-0.15, -0.1) is 11.3 Å². The van der Waals surface area contributed by atoms with Crippen LogP contribution in [0.25, 0.3) is 0 Å². The minimum absolute atomic E-state index is 0.853. The van der Waals surface area contributed by atoms with Gasteiger partial charge in [0.1, 0.15) is 0 Å². The number of thiophene rings is 1. The van der Waals surface area contributed by atoms with Gasteiger partial charge in [-0.1, -0.05) is 0 Å². The number of rotatable bonds is 1. The van der Waals surface area contributed by atoms with E-state index in [1.54, 1.807) is 11.3 Å². The molecule has 1 N–H and O–H groups in total. The van der Waals surface area contributed by atoms with E-state index in [-0.39, 0.29) is 0 Å². The fraction of sp³-hybridized carbons (Fsp3) is 0.286. The van der Waals surface area contributed by atoms with E-state index in [2.05, 4.69) is 5.32 Å². The largest absolute Gasteiger partial charge is 0.308 e. The van der Waals surface area contributed by atoms with E-state index in [1.165, 1.54) is 10.4 Å². The number of hydrogen-bond donors (Lipinski definition) is 1. The van der Waals surface area contributed by atoms with Crippen molar-refractivity contribution in [1.29, 1.82) is 0 Å². The highest BCUT2D eigenvalue weighted by molar-refractivity contribution is 7.13. The van der Waals surface area contributed by atoms with Gasteiger partial charge in [-0.05, 0) is 11.6 Å². The van der Waals surface area contributed by atoms with E-state index < -0.39 is 0 Å². The highest BCUT2D eigenvalue weighted by atomic mass is 32.1. The quantitative estimate of drug-likeness (QED) is 0.613. The number of fused-ring (bicyclic) bond motifs is 1. The van der Waals surface area contributed by atoms with Crippen LogP contribution in [0, 0.1) is 0 Å². The smallest absolute Gasteiger partial charge is 0.160 e. The summed E-state index contributed by atoms with van der Waals surface area (Å²) in [4.78, 5) is 12.5. The second kappa shape index (κ2) is 2.18. The lowest BCUT2D eigenvalue weighted by Crippen LogP contribution is -2.00. The van der Waals surface area contributed by atoms with Crippen molar-refractivity contribution in [3.63, 3.8) is 0 Å². The summed E-state index contributed by atoms with van der Waals surface area (Å²) in [6, 6.07) is 1.97. The van der Waals surface area contributed by atoms with Gasteiger partial charge in [-0.25, -0.2) is 0 Å². The van der Waals surface area contributed by atoms with Gasteiger partial charge in [0.25, 0.3) is 0 Å². The van der Waals surface area contributed by atoms with Gasteiger partial charge in [0.05, 0.1) is 4.88 Å². The van der Waals surface area contributed by atoms with Crippen molar-refractivity contribution in [2.24, 2.45) is 0 Å². The third kappa shape index (κ3) is 0.786. The van der Waals surface area contributed by atoms with E-state index in [1.807, 2.05) is 6.07 Å². The molecule has 2 heterocycles. The van der Waals surface area contributed by atoms with Gasteiger partial charge in [0, 0.05) is 18.0 Å². The molecule has 1 aromatic heterocycles. The van der Waals surface area contributed by atoms with Crippen molar-refractivity contribution in [3.05, 3.63) is 21.4 Å². The lowest BCUT2D eigenvalue weighted by atomic mass is 10.3. The third-order valence-corrected chi connectivity index (χ3v) is 2.74. The molecule has 0 aliphatic carbocycles. The van der Waals surface area contributed by atoms with Crippen LogP contribution in [0.4, 0.5) is 0 Å². The van der Waals surface area contributed by atoms with E-state index in [0.717, 1.165) is 24.3 Å². The van der Waals surface area contributed by atoms with Crippen LogP contribution < -0.4 is 5.32 Å². The zero-order valence-corrected chi connectivity index (χ0v) is 6.20. The van der Waals surface area contributed by atoms with E-state index in [0.29, 0.717) is 0 Å². The van der Waals surface area contributed by atoms with Crippen LogP contribution in [0.3, 0.4) is 0 Å². The molecule has 0 fully saturated rings. The molecule has 1 aliphatic heterocycles. The molecule has 2 nitrogen and oxygen atoms in total. The van der Waals surface area contributed by atoms with Gasteiger partial charge in [0.2, 0.25) is 0 Å². The van der Waals surface area contributed by atoms with Gasteiger partial charge in [-0.3, -0.25) is 4.79 Å². The summed E-state index contributed by atoms with van der Waals surface area (Å²) in [6.07, 6.45) is 0.920. The first-order valence-corrected chi connectivity index (χ1v) is 3.99. The predicted octanol–water partition coefficient (Wildman–Crippen LogP) is 1.16. The standard InChI is InChI=1S/C7H7NOS/c9-4-6-1-5-2-8-3-7(5)10-6/h1,4,8H,2-3H2. The molecule has 0 unspecified atom stereocenters.